The van der Waals surface area contributed by atoms with Crippen LogP contribution in [-0.2, 0) is 0 Å². The first-order valence-electron chi connectivity index (χ1n) is 15.2. The van der Waals surface area contributed by atoms with E-state index in [1.807, 2.05) is 48.5 Å². The zero-order chi connectivity index (χ0) is 32.0. The fraction of sp³-hybridized carbons (Fsp3) is 0.257. The first-order chi connectivity index (χ1) is 22.3. The maximum absolute atomic E-state index is 14.3. The van der Waals surface area contributed by atoms with Crippen molar-refractivity contribution in [1.82, 2.24) is 19.7 Å². The van der Waals surface area contributed by atoms with E-state index in [-0.39, 0.29) is 60.4 Å². The molecule has 0 saturated heterocycles. The molecule has 1 aliphatic carbocycles. The fourth-order valence-corrected chi connectivity index (χ4v) is 5.79. The van der Waals surface area contributed by atoms with Crippen LogP contribution in [0.4, 0.5) is 20.3 Å². The standard InChI is InChI=1S/C35H33F2N5O4/c36-25-8-13-33-41-31(21-42(33)20-25)35(45)40-27-9-4-22(5-10-27)16-32(44)30-18-26(37)19-38-34(30)39-28-3-1-2-24(17-28)23-6-11-29(12-7-23)46-15-14-43/h1-3,6-8,11-13,17-22,27,43H,4-5,9-10,14-16H2,(H,38,39)(H,40,45)/t22-,27+. The van der Waals surface area contributed by atoms with Crippen LogP contribution in [-0.4, -0.2) is 50.4 Å². The first-order valence-corrected chi connectivity index (χ1v) is 15.2. The van der Waals surface area contributed by atoms with Gasteiger partial charge in [-0.15, -0.1) is 0 Å². The maximum atomic E-state index is 14.3. The molecular weight excluding hydrogens is 592 g/mol. The lowest BCUT2D eigenvalue weighted by molar-refractivity contribution is 0.0894. The van der Waals surface area contributed by atoms with Gasteiger partial charge in [-0.2, -0.15) is 0 Å². The van der Waals surface area contributed by atoms with Gasteiger partial charge in [0, 0.05) is 30.5 Å². The number of carbonyl (C=O) groups is 2. The van der Waals surface area contributed by atoms with Gasteiger partial charge in [-0.3, -0.25) is 9.59 Å². The van der Waals surface area contributed by atoms with Crippen LogP contribution in [0.15, 0.2) is 85.3 Å². The van der Waals surface area contributed by atoms with Crippen LogP contribution >= 0.6 is 0 Å². The SMILES string of the molecule is O=C(N[C@H]1CC[C@@H](CC(=O)c2cc(F)cnc2Nc2cccc(-c3ccc(OCCO)cc3)c2)CC1)c1cn2cc(F)ccc2n1. The second-order valence-corrected chi connectivity index (χ2v) is 11.4. The number of amides is 1. The minimum absolute atomic E-state index is 0.0603. The van der Waals surface area contributed by atoms with Gasteiger partial charge in [0.1, 0.15) is 41.1 Å². The Labute approximate surface area is 264 Å². The number of rotatable bonds is 11. The molecule has 11 heteroatoms. The lowest BCUT2D eigenvalue weighted by atomic mass is 9.82. The number of fused-ring (bicyclic) bond motifs is 1. The van der Waals surface area contributed by atoms with Crippen molar-refractivity contribution in [3.05, 3.63) is 108 Å². The molecule has 1 aliphatic rings. The summed E-state index contributed by atoms with van der Waals surface area (Å²) in [6, 6.07) is 19.1. The van der Waals surface area contributed by atoms with Crippen LogP contribution in [0, 0.1) is 17.6 Å². The highest BCUT2D eigenvalue weighted by Gasteiger charge is 2.27. The number of aromatic nitrogens is 3. The van der Waals surface area contributed by atoms with Crippen molar-refractivity contribution in [1.29, 1.82) is 0 Å². The smallest absolute Gasteiger partial charge is 0.271 e. The molecule has 0 radical (unpaired) electrons. The fourth-order valence-electron chi connectivity index (χ4n) is 5.79. The van der Waals surface area contributed by atoms with E-state index in [9.17, 15) is 18.4 Å². The van der Waals surface area contributed by atoms with Crippen LogP contribution in [0.25, 0.3) is 16.8 Å². The second-order valence-electron chi connectivity index (χ2n) is 11.4. The van der Waals surface area contributed by atoms with Crippen LogP contribution in [0.2, 0.25) is 0 Å². The van der Waals surface area contributed by atoms with Crippen molar-refractivity contribution in [2.45, 2.75) is 38.1 Å². The van der Waals surface area contributed by atoms with Gasteiger partial charge >= 0.3 is 0 Å². The minimum atomic E-state index is -0.590. The normalized spacial score (nSPS) is 16.2. The summed E-state index contributed by atoms with van der Waals surface area (Å²) in [5.41, 5.74) is 3.45. The lowest BCUT2D eigenvalue weighted by Crippen LogP contribution is -2.38. The Morgan fingerprint density at radius 2 is 1.74 bits per heavy atom. The van der Waals surface area contributed by atoms with Gasteiger partial charge in [0.05, 0.1) is 18.4 Å². The Hall–Kier alpha value is -5.16. The Balaban J connectivity index is 1.06. The zero-order valence-electron chi connectivity index (χ0n) is 25.0. The third-order valence-corrected chi connectivity index (χ3v) is 8.13. The number of aliphatic hydroxyl groups excluding tert-OH is 1. The molecular formula is C35H33F2N5O4. The van der Waals surface area contributed by atoms with Gasteiger partial charge in [0.2, 0.25) is 0 Å². The number of halogens is 2. The number of Topliss-reactive ketones (excluding diaryl/α,β-unsaturated/α-hetero) is 1. The van der Waals surface area contributed by atoms with E-state index in [1.54, 1.807) is 0 Å². The van der Waals surface area contributed by atoms with E-state index >= 15 is 0 Å². The number of benzene rings is 2. The molecule has 46 heavy (non-hydrogen) atoms. The predicted molar refractivity (Wildman–Crippen MR) is 169 cm³/mol. The van der Waals surface area contributed by atoms with Crippen LogP contribution in [0.5, 0.6) is 5.75 Å². The van der Waals surface area contributed by atoms with Crippen molar-refractivity contribution < 1.29 is 28.2 Å². The van der Waals surface area contributed by atoms with Gasteiger partial charge in [0.25, 0.3) is 5.91 Å². The number of pyridine rings is 2. The van der Waals surface area contributed by atoms with Gasteiger partial charge in [-0.25, -0.2) is 18.7 Å². The number of ether oxygens (including phenoxy) is 1. The van der Waals surface area contributed by atoms with Crippen LogP contribution in [0.3, 0.4) is 0 Å². The molecule has 0 unspecified atom stereocenters. The van der Waals surface area contributed by atoms with Crippen LogP contribution in [0.1, 0.15) is 53.0 Å². The van der Waals surface area contributed by atoms with Crippen molar-refractivity contribution in [3.63, 3.8) is 0 Å². The lowest BCUT2D eigenvalue weighted by Gasteiger charge is -2.28. The van der Waals surface area contributed by atoms with Gasteiger partial charge < -0.3 is 24.9 Å². The average Bonchev–Trinajstić information content (AvgIpc) is 3.49. The molecule has 5 aromatic rings. The third-order valence-electron chi connectivity index (χ3n) is 8.13. The summed E-state index contributed by atoms with van der Waals surface area (Å²) in [6.45, 7) is 0.162. The zero-order valence-corrected chi connectivity index (χ0v) is 25.0. The summed E-state index contributed by atoms with van der Waals surface area (Å²) in [5, 5.41) is 15.2. The molecule has 9 nitrogen and oxygen atoms in total. The summed E-state index contributed by atoms with van der Waals surface area (Å²) in [4.78, 5) is 34.7. The van der Waals surface area contributed by atoms with E-state index in [0.29, 0.717) is 29.9 Å². The molecule has 236 valence electrons. The number of nitrogens with one attached hydrogen (secondary N) is 2. The maximum Gasteiger partial charge on any atom is 0.271 e. The number of ketones is 1. The summed E-state index contributed by atoms with van der Waals surface area (Å²) < 4.78 is 34.7. The van der Waals surface area contributed by atoms with E-state index in [4.69, 9.17) is 9.84 Å². The molecule has 3 N–H and O–H groups in total. The monoisotopic (exact) mass is 625 g/mol. The van der Waals surface area contributed by atoms with Crippen molar-refractivity contribution in [2.75, 3.05) is 18.5 Å². The summed E-state index contributed by atoms with van der Waals surface area (Å²) in [6.07, 6.45) is 6.94. The molecule has 6 rings (SSSR count). The first kappa shape index (κ1) is 30.8. The summed E-state index contributed by atoms with van der Waals surface area (Å²) in [7, 11) is 0. The third kappa shape index (κ3) is 7.37. The summed E-state index contributed by atoms with van der Waals surface area (Å²) >= 11 is 0. The Bertz CT molecular complexity index is 1850. The molecule has 0 spiro atoms. The largest absolute Gasteiger partial charge is 0.491 e. The van der Waals surface area contributed by atoms with E-state index < -0.39 is 11.6 Å². The Kier molecular flexibility index (Phi) is 9.30. The van der Waals surface area contributed by atoms with Gasteiger partial charge in [0.15, 0.2) is 5.78 Å². The van der Waals surface area contributed by atoms with E-state index in [0.717, 1.165) is 30.2 Å². The number of anilines is 2. The molecule has 0 bridgehead atoms. The quantitative estimate of drug-likeness (QED) is 0.146. The molecule has 1 fully saturated rings. The minimum Gasteiger partial charge on any atom is -0.491 e. The molecule has 1 amide bonds. The topological polar surface area (TPSA) is 118 Å². The highest BCUT2D eigenvalue weighted by Crippen LogP contribution is 2.31. The van der Waals surface area contributed by atoms with E-state index in [1.165, 1.54) is 35.0 Å². The Morgan fingerprint density at radius 1 is 0.935 bits per heavy atom. The highest BCUT2D eigenvalue weighted by molar-refractivity contribution is 6.01. The molecule has 0 aliphatic heterocycles. The van der Waals surface area contributed by atoms with Gasteiger partial charge in [-0.1, -0.05) is 24.3 Å². The average molecular weight is 626 g/mol. The van der Waals surface area contributed by atoms with Crippen molar-refractivity contribution in [2.24, 2.45) is 5.92 Å². The summed E-state index contributed by atoms with van der Waals surface area (Å²) in [5.74, 6) is -0.502. The number of aliphatic hydroxyl groups is 1. The number of hydrogen-bond acceptors (Lipinski definition) is 7. The molecule has 0 atom stereocenters. The van der Waals surface area contributed by atoms with E-state index in [2.05, 4.69) is 20.6 Å². The molecule has 3 heterocycles. The Morgan fingerprint density at radius 3 is 2.52 bits per heavy atom. The van der Waals surface area contributed by atoms with Crippen LogP contribution < -0.4 is 15.4 Å². The number of imidazole rings is 1. The van der Waals surface area contributed by atoms with Gasteiger partial charge in [-0.05, 0) is 85.2 Å². The molecule has 3 aromatic heterocycles. The highest BCUT2D eigenvalue weighted by atomic mass is 19.1. The molecule has 1 saturated carbocycles. The number of nitrogens with zero attached hydrogens (tertiary/aromatic N) is 3. The number of carbonyl (C=O) groups excluding carboxylic acids is 2. The molecule has 2 aromatic carbocycles. The van der Waals surface area contributed by atoms with Crippen molar-refractivity contribution >= 4 is 28.8 Å². The second kappa shape index (κ2) is 13.9. The van der Waals surface area contributed by atoms with Crippen molar-refractivity contribution in [3.8, 4) is 16.9 Å². The number of hydrogen-bond donors (Lipinski definition) is 3. The predicted octanol–water partition coefficient (Wildman–Crippen LogP) is 6.35.